The van der Waals surface area contributed by atoms with Gasteiger partial charge >= 0.3 is 0 Å². The van der Waals surface area contributed by atoms with Gasteiger partial charge in [0.05, 0.1) is 5.39 Å². The molecular formula is C25H28N6O3. The van der Waals surface area contributed by atoms with Crippen molar-refractivity contribution in [3.05, 3.63) is 70.3 Å². The number of unbranched alkanes of at least 4 members (excludes halogenated alkanes) is 1. The zero-order valence-electron chi connectivity index (χ0n) is 19.1. The molecule has 0 saturated carbocycles. The molecule has 2 aromatic heterocycles. The maximum atomic E-state index is 12.1. The van der Waals surface area contributed by atoms with Gasteiger partial charge in [-0.05, 0) is 32.3 Å². The van der Waals surface area contributed by atoms with Crippen molar-refractivity contribution in [2.75, 3.05) is 18.4 Å². The van der Waals surface area contributed by atoms with Crippen molar-refractivity contribution in [3.8, 4) is 11.4 Å². The summed E-state index contributed by atoms with van der Waals surface area (Å²) in [5, 5.41) is 18.2. The van der Waals surface area contributed by atoms with Gasteiger partial charge in [-0.15, -0.1) is 0 Å². The average molecular weight is 461 g/mol. The van der Waals surface area contributed by atoms with Gasteiger partial charge in [0.2, 0.25) is 17.6 Å². The molecule has 0 saturated heterocycles. The lowest BCUT2D eigenvalue weighted by Crippen LogP contribution is -2.24. The summed E-state index contributed by atoms with van der Waals surface area (Å²) in [6.07, 6.45) is 3.32. The van der Waals surface area contributed by atoms with Crippen LogP contribution in [-0.4, -0.2) is 39.3 Å². The minimum Gasteiger partial charge on any atom is -0.368 e. The number of nitrogens with zero attached hydrogens (tertiary/aromatic N) is 3. The molecule has 0 aliphatic rings. The summed E-state index contributed by atoms with van der Waals surface area (Å²) in [7, 11) is 0. The van der Waals surface area contributed by atoms with Gasteiger partial charge in [-0.25, -0.2) is 5.10 Å². The summed E-state index contributed by atoms with van der Waals surface area (Å²) >= 11 is 0. The van der Waals surface area contributed by atoms with Crippen molar-refractivity contribution < 1.29 is 9.32 Å². The molecule has 0 fully saturated rings. The van der Waals surface area contributed by atoms with E-state index in [1.165, 1.54) is 5.56 Å². The van der Waals surface area contributed by atoms with E-state index in [0.29, 0.717) is 55.3 Å². The van der Waals surface area contributed by atoms with E-state index < -0.39 is 0 Å². The summed E-state index contributed by atoms with van der Waals surface area (Å²) in [6, 6.07) is 15.3. The number of aromatic amines is 1. The zero-order chi connectivity index (χ0) is 23.8. The molecule has 2 heterocycles. The fraction of sp³-hybridized carbons (Fsp3) is 0.320. The van der Waals surface area contributed by atoms with E-state index in [1.807, 2.05) is 49.4 Å². The molecule has 4 aromatic rings. The first-order valence-electron chi connectivity index (χ1n) is 11.5. The smallest absolute Gasteiger partial charge is 0.272 e. The molecule has 3 N–H and O–H groups in total. The highest BCUT2D eigenvalue weighted by atomic mass is 16.5. The number of benzene rings is 2. The summed E-state index contributed by atoms with van der Waals surface area (Å²) < 4.78 is 5.30. The Hall–Kier alpha value is -4.01. The number of nitrogens with one attached hydrogen (secondary N) is 3. The van der Waals surface area contributed by atoms with Gasteiger partial charge < -0.3 is 15.2 Å². The Morgan fingerprint density at radius 2 is 1.76 bits per heavy atom. The van der Waals surface area contributed by atoms with Crippen molar-refractivity contribution in [2.45, 2.75) is 39.0 Å². The Morgan fingerprint density at radius 1 is 1.00 bits per heavy atom. The van der Waals surface area contributed by atoms with Crippen LogP contribution in [0.15, 0.2) is 57.8 Å². The second-order valence-electron chi connectivity index (χ2n) is 8.16. The molecule has 0 aliphatic heterocycles. The van der Waals surface area contributed by atoms with Crippen LogP contribution in [0.1, 0.15) is 37.1 Å². The van der Waals surface area contributed by atoms with Gasteiger partial charge in [-0.3, -0.25) is 9.59 Å². The molecule has 0 aliphatic carbocycles. The largest absolute Gasteiger partial charge is 0.368 e. The minimum absolute atomic E-state index is 0.0135. The molecule has 0 atom stereocenters. The Morgan fingerprint density at radius 3 is 2.59 bits per heavy atom. The number of hydrogen-bond acceptors (Lipinski definition) is 7. The molecule has 4 rings (SSSR count). The lowest BCUT2D eigenvalue weighted by molar-refractivity contribution is -0.121. The SMILES string of the molecule is Cc1ccc(-c2noc(CCCC(=O)NCCCCNc3n[nH]c(=O)c4ccccc34)n2)cc1. The molecule has 2 aromatic carbocycles. The third-order valence-corrected chi connectivity index (χ3v) is 5.49. The third-order valence-electron chi connectivity index (χ3n) is 5.49. The van der Waals surface area contributed by atoms with Crippen LogP contribution in [0.5, 0.6) is 0 Å². The van der Waals surface area contributed by atoms with Crippen LogP contribution in [0.25, 0.3) is 22.2 Å². The minimum atomic E-state index is -0.199. The van der Waals surface area contributed by atoms with E-state index in [1.54, 1.807) is 6.07 Å². The van der Waals surface area contributed by atoms with E-state index in [4.69, 9.17) is 4.52 Å². The van der Waals surface area contributed by atoms with Crippen LogP contribution >= 0.6 is 0 Å². The molecule has 34 heavy (non-hydrogen) atoms. The predicted octanol–water partition coefficient (Wildman–Crippen LogP) is 3.61. The molecular weight excluding hydrogens is 432 g/mol. The first-order chi connectivity index (χ1) is 16.6. The number of aromatic nitrogens is 4. The summed E-state index contributed by atoms with van der Waals surface area (Å²) in [5.74, 6) is 1.78. The lowest BCUT2D eigenvalue weighted by atomic mass is 10.1. The number of carbonyl (C=O) groups is 1. The van der Waals surface area contributed by atoms with E-state index in [0.717, 1.165) is 23.8 Å². The molecule has 1 amide bonds. The summed E-state index contributed by atoms with van der Waals surface area (Å²) in [4.78, 5) is 28.3. The van der Waals surface area contributed by atoms with Crippen LogP contribution in [-0.2, 0) is 11.2 Å². The van der Waals surface area contributed by atoms with E-state index >= 15 is 0 Å². The quantitative estimate of drug-likeness (QED) is 0.292. The lowest BCUT2D eigenvalue weighted by Gasteiger charge is -2.08. The second-order valence-corrected chi connectivity index (χ2v) is 8.16. The number of hydrogen-bond donors (Lipinski definition) is 3. The van der Waals surface area contributed by atoms with Gasteiger partial charge in [0.25, 0.3) is 5.56 Å². The highest BCUT2D eigenvalue weighted by Crippen LogP contribution is 2.18. The second kappa shape index (κ2) is 11.2. The zero-order valence-corrected chi connectivity index (χ0v) is 19.1. The molecule has 9 nitrogen and oxygen atoms in total. The van der Waals surface area contributed by atoms with Crippen molar-refractivity contribution >= 4 is 22.5 Å². The average Bonchev–Trinajstić information content (AvgIpc) is 3.32. The summed E-state index contributed by atoms with van der Waals surface area (Å²) in [6.45, 7) is 3.33. The number of amides is 1. The van der Waals surface area contributed by atoms with Crippen LogP contribution in [0.3, 0.4) is 0 Å². The van der Waals surface area contributed by atoms with Crippen LogP contribution in [0, 0.1) is 6.92 Å². The predicted molar refractivity (Wildman–Crippen MR) is 131 cm³/mol. The normalized spacial score (nSPS) is 11.0. The van der Waals surface area contributed by atoms with Gasteiger partial charge in [0.15, 0.2) is 5.82 Å². The topological polar surface area (TPSA) is 126 Å². The van der Waals surface area contributed by atoms with Gasteiger partial charge in [0.1, 0.15) is 0 Å². The van der Waals surface area contributed by atoms with Crippen molar-refractivity contribution in [1.82, 2.24) is 25.7 Å². The Labute approximate surface area is 197 Å². The van der Waals surface area contributed by atoms with Gasteiger partial charge in [0, 0.05) is 36.9 Å². The molecule has 9 heteroatoms. The molecule has 0 unspecified atom stereocenters. The van der Waals surface area contributed by atoms with Crippen LogP contribution < -0.4 is 16.2 Å². The number of carbonyl (C=O) groups excluding carboxylic acids is 1. The number of H-pyrrole nitrogens is 1. The van der Waals surface area contributed by atoms with E-state index in [-0.39, 0.29) is 11.5 Å². The summed E-state index contributed by atoms with van der Waals surface area (Å²) in [5.41, 5.74) is 1.89. The van der Waals surface area contributed by atoms with Crippen LogP contribution in [0.2, 0.25) is 0 Å². The number of aryl methyl sites for hydroxylation is 2. The fourth-order valence-electron chi connectivity index (χ4n) is 3.60. The van der Waals surface area contributed by atoms with Crippen molar-refractivity contribution in [1.29, 1.82) is 0 Å². The molecule has 0 bridgehead atoms. The van der Waals surface area contributed by atoms with E-state index in [2.05, 4.69) is 31.0 Å². The number of fused-ring (bicyclic) bond motifs is 1. The van der Waals surface area contributed by atoms with Gasteiger partial charge in [-0.2, -0.15) is 10.1 Å². The monoisotopic (exact) mass is 460 g/mol. The Kier molecular flexibility index (Phi) is 7.64. The third kappa shape index (κ3) is 6.06. The first kappa shape index (κ1) is 23.2. The maximum Gasteiger partial charge on any atom is 0.272 e. The molecule has 176 valence electrons. The van der Waals surface area contributed by atoms with Gasteiger partial charge in [-0.1, -0.05) is 53.2 Å². The first-order valence-corrected chi connectivity index (χ1v) is 11.5. The van der Waals surface area contributed by atoms with E-state index in [9.17, 15) is 9.59 Å². The molecule has 0 radical (unpaired) electrons. The fourth-order valence-corrected chi connectivity index (χ4v) is 3.60. The van der Waals surface area contributed by atoms with Crippen LogP contribution in [0.4, 0.5) is 5.82 Å². The van der Waals surface area contributed by atoms with Crippen molar-refractivity contribution in [3.63, 3.8) is 0 Å². The number of rotatable bonds is 11. The maximum absolute atomic E-state index is 12.1. The highest BCUT2D eigenvalue weighted by molar-refractivity contribution is 5.90. The Bertz CT molecular complexity index is 1300. The highest BCUT2D eigenvalue weighted by Gasteiger charge is 2.10. The standard InChI is InChI=1S/C25H28N6O3/c1-17-11-13-18(14-12-17)23-28-22(34-31-23)10-6-9-21(32)26-15-4-5-16-27-24-19-7-2-3-8-20(19)25(33)30-29-24/h2-3,7-8,11-14H,4-6,9-10,15-16H2,1H3,(H,26,32)(H,27,29)(H,30,33). The van der Waals surface area contributed by atoms with Crippen molar-refractivity contribution in [2.24, 2.45) is 0 Å². The molecule has 0 spiro atoms. The Balaban J connectivity index is 1.11. The number of anilines is 1.